The predicted molar refractivity (Wildman–Crippen MR) is 86.6 cm³/mol. The van der Waals surface area contributed by atoms with Gasteiger partial charge in [0.15, 0.2) is 0 Å². The first-order chi connectivity index (χ1) is 10.6. The molecule has 1 saturated heterocycles. The molecule has 1 fully saturated rings. The summed E-state index contributed by atoms with van der Waals surface area (Å²) in [4.78, 5) is 13.3. The van der Waals surface area contributed by atoms with Gasteiger partial charge in [0.2, 0.25) is 0 Å². The molecule has 1 aromatic carbocycles. The van der Waals surface area contributed by atoms with Gasteiger partial charge in [0.1, 0.15) is 19.7 Å². The lowest BCUT2D eigenvalue weighted by molar-refractivity contribution is -0.914. The molecule has 0 radical (unpaired) electrons. The van der Waals surface area contributed by atoms with Crippen molar-refractivity contribution >= 4 is 12.0 Å². The third-order valence-corrected chi connectivity index (χ3v) is 3.75. The molecule has 0 saturated carbocycles. The summed E-state index contributed by atoms with van der Waals surface area (Å²) in [5, 5.41) is 0. The zero-order valence-corrected chi connectivity index (χ0v) is 14.6. The van der Waals surface area contributed by atoms with Gasteiger partial charge in [-0.1, -0.05) is 44.2 Å². The summed E-state index contributed by atoms with van der Waals surface area (Å²) < 4.78 is 10.8. The number of benzene rings is 1. The zero-order chi connectivity index (χ0) is 15.8. The fourth-order valence-corrected chi connectivity index (χ4v) is 2.61. The van der Waals surface area contributed by atoms with Crippen LogP contribution in [0.2, 0.25) is 0 Å². The number of morpholine rings is 1. The second-order valence-corrected chi connectivity index (χ2v) is 6.56. The maximum atomic E-state index is 11.8. The lowest BCUT2D eigenvalue weighted by Gasteiger charge is -2.31. The van der Waals surface area contributed by atoms with E-state index < -0.39 is 0 Å². The molecular weight excluding hydrogens is 314 g/mol. The van der Waals surface area contributed by atoms with E-state index in [2.05, 4.69) is 13.8 Å². The molecule has 0 aromatic heterocycles. The molecule has 4 nitrogen and oxygen atoms in total. The second-order valence-electron chi connectivity index (χ2n) is 6.56. The number of quaternary nitrogens is 1. The minimum absolute atomic E-state index is 0. The summed E-state index contributed by atoms with van der Waals surface area (Å²) in [7, 11) is 0. The number of hydrogen-bond donors (Lipinski definition) is 1. The standard InChI is InChI=1S/C18H25NO3.ClH/c1-18(2,14-19-10-12-21-13-11-19)15-22-17(20)9-8-16-6-4-3-5-7-16;/h3-9H,10-15H2,1-2H3;1H/b9-8+;. The van der Waals surface area contributed by atoms with Gasteiger partial charge in [-0.3, -0.25) is 0 Å². The van der Waals surface area contributed by atoms with E-state index in [1.807, 2.05) is 30.3 Å². The first kappa shape index (κ1) is 19.7. The Labute approximate surface area is 144 Å². The van der Waals surface area contributed by atoms with E-state index in [1.54, 1.807) is 6.08 Å². The molecular formula is C18H26ClNO3. The Hall–Kier alpha value is -1.36. The normalized spacial score (nSPS) is 16.1. The summed E-state index contributed by atoms with van der Waals surface area (Å²) in [6.07, 6.45) is 3.27. The van der Waals surface area contributed by atoms with Crippen molar-refractivity contribution in [3.05, 3.63) is 42.0 Å². The summed E-state index contributed by atoms with van der Waals surface area (Å²) >= 11 is 0. The minimum atomic E-state index is -0.283. The molecule has 1 heterocycles. The molecule has 128 valence electrons. The van der Waals surface area contributed by atoms with Gasteiger partial charge < -0.3 is 26.8 Å². The van der Waals surface area contributed by atoms with E-state index in [4.69, 9.17) is 9.47 Å². The molecule has 0 unspecified atom stereocenters. The third kappa shape index (κ3) is 7.64. The maximum absolute atomic E-state index is 11.8. The lowest BCUT2D eigenvalue weighted by atomic mass is 9.94. The SMILES string of the molecule is CC(C)(COC(=O)/C=C/c1ccccc1)C[NH+]1CCOCC1.[Cl-]. The van der Waals surface area contributed by atoms with E-state index in [9.17, 15) is 4.79 Å². The topological polar surface area (TPSA) is 40.0 Å². The highest BCUT2D eigenvalue weighted by Crippen LogP contribution is 2.13. The number of halogens is 1. The number of carbonyl (C=O) groups is 1. The summed E-state index contributed by atoms with van der Waals surface area (Å²) in [6, 6.07) is 9.75. The van der Waals surface area contributed by atoms with Gasteiger partial charge in [-0.2, -0.15) is 0 Å². The Morgan fingerprint density at radius 1 is 1.26 bits per heavy atom. The van der Waals surface area contributed by atoms with Crippen molar-refractivity contribution in [1.29, 1.82) is 0 Å². The van der Waals surface area contributed by atoms with Crippen LogP contribution in [0.1, 0.15) is 19.4 Å². The zero-order valence-electron chi connectivity index (χ0n) is 13.9. The molecule has 0 aliphatic carbocycles. The van der Waals surface area contributed by atoms with E-state index in [1.165, 1.54) is 11.0 Å². The number of ether oxygens (including phenoxy) is 2. The summed E-state index contributed by atoms with van der Waals surface area (Å²) in [5.41, 5.74) is 0.972. The highest BCUT2D eigenvalue weighted by molar-refractivity contribution is 5.87. The van der Waals surface area contributed by atoms with Crippen LogP contribution in [0.4, 0.5) is 0 Å². The summed E-state index contributed by atoms with van der Waals surface area (Å²) in [6.45, 7) is 9.43. The van der Waals surface area contributed by atoms with Crippen LogP contribution >= 0.6 is 0 Å². The average molecular weight is 340 g/mol. The van der Waals surface area contributed by atoms with Gasteiger partial charge in [-0.25, -0.2) is 4.79 Å². The highest BCUT2D eigenvalue weighted by atomic mass is 35.5. The molecule has 0 spiro atoms. The van der Waals surface area contributed by atoms with Crippen LogP contribution in [-0.2, 0) is 14.3 Å². The predicted octanol–water partition coefficient (Wildman–Crippen LogP) is -1.81. The molecule has 1 aliphatic rings. The molecule has 1 aromatic rings. The van der Waals surface area contributed by atoms with E-state index in [0.29, 0.717) is 6.61 Å². The van der Waals surface area contributed by atoms with Crippen LogP contribution in [0.5, 0.6) is 0 Å². The largest absolute Gasteiger partial charge is 1.00 e. The fourth-order valence-electron chi connectivity index (χ4n) is 2.61. The van der Waals surface area contributed by atoms with Crippen molar-refractivity contribution in [2.75, 3.05) is 39.5 Å². The monoisotopic (exact) mass is 339 g/mol. The van der Waals surface area contributed by atoms with Gasteiger partial charge in [0, 0.05) is 11.5 Å². The van der Waals surface area contributed by atoms with Gasteiger partial charge in [0.05, 0.1) is 19.8 Å². The van der Waals surface area contributed by atoms with Crippen LogP contribution in [0.25, 0.3) is 6.08 Å². The first-order valence-corrected chi connectivity index (χ1v) is 7.86. The molecule has 5 heteroatoms. The Balaban J connectivity index is 0.00000264. The highest BCUT2D eigenvalue weighted by Gasteiger charge is 2.27. The van der Waals surface area contributed by atoms with Crippen molar-refractivity contribution in [3.63, 3.8) is 0 Å². The minimum Gasteiger partial charge on any atom is -1.00 e. The Kier molecular flexibility index (Phi) is 8.31. The van der Waals surface area contributed by atoms with Gasteiger partial charge in [0.25, 0.3) is 0 Å². The van der Waals surface area contributed by atoms with Crippen molar-refractivity contribution in [1.82, 2.24) is 0 Å². The maximum Gasteiger partial charge on any atom is 0.330 e. The van der Waals surface area contributed by atoms with E-state index in [0.717, 1.165) is 38.4 Å². The number of carbonyl (C=O) groups excluding carboxylic acids is 1. The van der Waals surface area contributed by atoms with Gasteiger partial charge in [-0.15, -0.1) is 0 Å². The quantitative estimate of drug-likeness (QED) is 0.490. The first-order valence-electron chi connectivity index (χ1n) is 7.86. The van der Waals surface area contributed by atoms with Crippen molar-refractivity contribution in [2.24, 2.45) is 5.41 Å². The van der Waals surface area contributed by atoms with Crippen molar-refractivity contribution < 1.29 is 31.6 Å². The third-order valence-electron chi connectivity index (χ3n) is 3.75. The average Bonchev–Trinajstić information content (AvgIpc) is 2.53. The Morgan fingerprint density at radius 2 is 1.91 bits per heavy atom. The van der Waals surface area contributed by atoms with Gasteiger partial charge >= 0.3 is 5.97 Å². The molecule has 1 aliphatic heterocycles. The summed E-state index contributed by atoms with van der Waals surface area (Å²) in [5.74, 6) is -0.283. The number of rotatable bonds is 6. The molecule has 1 N–H and O–H groups in total. The molecule has 0 atom stereocenters. The molecule has 23 heavy (non-hydrogen) atoms. The number of hydrogen-bond acceptors (Lipinski definition) is 3. The van der Waals surface area contributed by atoms with Crippen molar-refractivity contribution in [2.45, 2.75) is 13.8 Å². The van der Waals surface area contributed by atoms with Crippen LogP contribution < -0.4 is 17.3 Å². The Morgan fingerprint density at radius 3 is 2.57 bits per heavy atom. The fraction of sp³-hybridized carbons (Fsp3) is 0.500. The molecule has 0 amide bonds. The van der Waals surface area contributed by atoms with E-state index in [-0.39, 0.29) is 23.8 Å². The molecule has 2 rings (SSSR count). The van der Waals surface area contributed by atoms with Gasteiger partial charge in [-0.05, 0) is 11.6 Å². The van der Waals surface area contributed by atoms with Crippen LogP contribution in [0.15, 0.2) is 36.4 Å². The number of nitrogens with one attached hydrogen (secondary N) is 1. The van der Waals surface area contributed by atoms with Crippen LogP contribution in [0, 0.1) is 5.41 Å². The smallest absolute Gasteiger partial charge is 0.330 e. The van der Waals surface area contributed by atoms with Crippen LogP contribution in [0.3, 0.4) is 0 Å². The van der Waals surface area contributed by atoms with Crippen molar-refractivity contribution in [3.8, 4) is 0 Å². The molecule has 0 bridgehead atoms. The number of esters is 1. The van der Waals surface area contributed by atoms with E-state index >= 15 is 0 Å². The lowest BCUT2D eigenvalue weighted by Crippen LogP contribution is -3.15. The Bertz CT molecular complexity index is 496. The van der Waals surface area contributed by atoms with Crippen LogP contribution in [-0.4, -0.2) is 45.4 Å². The second kappa shape index (κ2) is 9.71.